The molecule has 1 aromatic heterocycles. The van der Waals surface area contributed by atoms with Gasteiger partial charge in [-0.2, -0.15) is 4.98 Å². The molecule has 90 valence electrons. The highest BCUT2D eigenvalue weighted by molar-refractivity contribution is 9.10. The van der Waals surface area contributed by atoms with Crippen molar-refractivity contribution in [3.8, 4) is 0 Å². The Morgan fingerprint density at radius 2 is 2.25 bits per heavy atom. The van der Waals surface area contributed by atoms with Gasteiger partial charge in [-0.05, 0) is 36.2 Å². The molecule has 1 aromatic rings. The predicted octanol–water partition coefficient (Wildman–Crippen LogP) is 2.15. The average Bonchev–Trinajstić information content (AvgIpc) is 2.32. The van der Waals surface area contributed by atoms with Crippen molar-refractivity contribution in [2.24, 2.45) is 5.84 Å². The van der Waals surface area contributed by atoms with Crippen LogP contribution < -0.4 is 16.2 Å². The number of nitrogens with two attached hydrogens (primary N) is 1. The van der Waals surface area contributed by atoms with Gasteiger partial charge < -0.3 is 4.90 Å². The monoisotopic (exact) mass is 287 g/mol. The summed E-state index contributed by atoms with van der Waals surface area (Å²) in [6, 6.07) is 0.432. The van der Waals surface area contributed by atoms with Gasteiger partial charge in [-0.1, -0.05) is 6.92 Å². The maximum Gasteiger partial charge on any atom is 0.239 e. The molecule has 0 saturated heterocycles. The quantitative estimate of drug-likeness (QED) is 0.642. The summed E-state index contributed by atoms with van der Waals surface area (Å²) in [5.41, 5.74) is 2.46. The molecule has 3 N–H and O–H groups in total. The molecule has 0 aliphatic heterocycles. The van der Waals surface area contributed by atoms with Crippen molar-refractivity contribution in [2.75, 3.05) is 16.9 Å². The molecule has 16 heavy (non-hydrogen) atoms. The van der Waals surface area contributed by atoms with E-state index in [0.29, 0.717) is 12.0 Å². The number of nitrogens with one attached hydrogen (secondary N) is 1. The standard InChI is InChI=1S/C10H18BrN5/c1-4-7(3)16(5-2)9-8(11)6-13-10(14-9)15-12/h6-7H,4-5,12H2,1-3H3,(H,13,14,15). The van der Waals surface area contributed by atoms with Gasteiger partial charge in [0.15, 0.2) is 0 Å². The first kappa shape index (κ1) is 13.2. The molecule has 5 nitrogen and oxygen atoms in total. The molecule has 0 aliphatic rings. The van der Waals surface area contributed by atoms with Crippen molar-refractivity contribution in [1.82, 2.24) is 9.97 Å². The second kappa shape index (κ2) is 6.00. The topological polar surface area (TPSA) is 67.1 Å². The largest absolute Gasteiger partial charge is 0.353 e. The number of halogens is 1. The highest BCUT2D eigenvalue weighted by Crippen LogP contribution is 2.26. The van der Waals surface area contributed by atoms with E-state index in [1.54, 1.807) is 6.20 Å². The molecule has 1 atom stereocenters. The maximum absolute atomic E-state index is 5.31. The van der Waals surface area contributed by atoms with E-state index in [0.717, 1.165) is 23.3 Å². The second-order valence-corrected chi connectivity index (χ2v) is 4.41. The fourth-order valence-electron chi connectivity index (χ4n) is 1.52. The molecule has 1 rings (SSSR count). The molecule has 0 aromatic carbocycles. The maximum atomic E-state index is 5.31. The van der Waals surface area contributed by atoms with E-state index in [-0.39, 0.29) is 0 Å². The lowest BCUT2D eigenvalue weighted by molar-refractivity contribution is 0.621. The van der Waals surface area contributed by atoms with Gasteiger partial charge in [-0.15, -0.1) is 0 Å². The Kier molecular flexibility index (Phi) is 4.95. The van der Waals surface area contributed by atoms with Gasteiger partial charge in [0, 0.05) is 18.8 Å². The van der Waals surface area contributed by atoms with Crippen LogP contribution in [0, 0.1) is 0 Å². The number of hydrogen-bond acceptors (Lipinski definition) is 5. The SMILES string of the molecule is CCC(C)N(CC)c1nc(NN)ncc1Br. The average molecular weight is 288 g/mol. The molecule has 0 aliphatic carbocycles. The van der Waals surface area contributed by atoms with Crippen LogP contribution in [0.2, 0.25) is 0 Å². The Bertz CT molecular complexity index is 344. The first-order valence-corrected chi connectivity index (χ1v) is 6.19. The first-order chi connectivity index (χ1) is 7.63. The van der Waals surface area contributed by atoms with Crippen molar-refractivity contribution >= 4 is 27.7 Å². The number of anilines is 2. The van der Waals surface area contributed by atoms with Crippen molar-refractivity contribution in [1.29, 1.82) is 0 Å². The summed E-state index contributed by atoms with van der Waals surface area (Å²) in [5.74, 6) is 6.62. The van der Waals surface area contributed by atoms with Crippen molar-refractivity contribution in [2.45, 2.75) is 33.2 Å². The van der Waals surface area contributed by atoms with E-state index < -0.39 is 0 Å². The summed E-state index contributed by atoms with van der Waals surface area (Å²) < 4.78 is 0.883. The van der Waals surface area contributed by atoms with E-state index in [2.05, 4.69) is 57.0 Å². The number of hydrogen-bond donors (Lipinski definition) is 2. The predicted molar refractivity (Wildman–Crippen MR) is 70.3 cm³/mol. The minimum absolute atomic E-state index is 0.431. The van der Waals surface area contributed by atoms with Crippen LogP contribution in [-0.2, 0) is 0 Å². The third kappa shape index (κ3) is 2.82. The molecule has 0 amide bonds. The zero-order chi connectivity index (χ0) is 12.1. The van der Waals surface area contributed by atoms with Crippen molar-refractivity contribution in [3.05, 3.63) is 10.7 Å². The molecule has 0 saturated carbocycles. The third-order valence-corrected chi connectivity index (χ3v) is 3.15. The molecule has 0 spiro atoms. The normalized spacial score (nSPS) is 12.3. The van der Waals surface area contributed by atoms with Crippen LogP contribution in [0.25, 0.3) is 0 Å². The highest BCUT2D eigenvalue weighted by Gasteiger charge is 2.16. The van der Waals surface area contributed by atoms with Gasteiger partial charge in [0.1, 0.15) is 5.82 Å². The molecule has 0 bridgehead atoms. The zero-order valence-electron chi connectivity index (χ0n) is 9.87. The Morgan fingerprint density at radius 3 is 2.75 bits per heavy atom. The Balaban J connectivity index is 3.07. The summed E-state index contributed by atoms with van der Waals surface area (Å²) in [6.07, 6.45) is 2.78. The van der Waals surface area contributed by atoms with Gasteiger partial charge in [0.25, 0.3) is 0 Å². The van der Waals surface area contributed by atoms with Crippen LogP contribution >= 0.6 is 15.9 Å². The Hall–Kier alpha value is -0.880. The summed E-state index contributed by atoms with van der Waals surface area (Å²) in [6.45, 7) is 7.34. The Morgan fingerprint density at radius 1 is 1.56 bits per heavy atom. The highest BCUT2D eigenvalue weighted by atomic mass is 79.9. The van der Waals surface area contributed by atoms with Crippen LogP contribution in [0.15, 0.2) is 10.7 Å². The van der Waals surface area contributed by atoms with E-state index in [1.165, 1.54) is 0 Å². The van der Waals surface area contributed by atoms with Crippen molar-refractivity contribution < 1.29 is 0 Å². The molecule has 1 heterocycles. The van der Waals surface area contributed by atoms with Crippen LogP contribution in [0.4, 0.5) is 11.8 Å². The molecular weight excluding hydrogens is 270 g/mol. The van der Waals surface area contributed by atoms with Gasteiger partial charge in [-0.25, -0.2) is 10.8 Å². The fraction of sp³-hybridized carbons (Fsp3) is 0.600. The first-order valence-electron chi connectivity index (χ1n) is 5.39. The lowest BCUT2D eigenvalue weighted by atomic mass is 10.2. The summed E-state index contributed by atoms with van der Waals surface area (Å²) >= 11 is 3.46. The molecule has 0 fully saturated rings. The number of aromatic nitrogens is 2. The molecule has 0 radical (unpaired) electrons. The van der Waals surface area contributed by atoms with Crippen molar-refractivity contribution in [3.63, 3.8) is 0 Å². The van der Waals surface area contributed by atoms with Crippen LogP contribution in [0.1, 0.15) is 27.2 Å². The molecular formula is C10H18BrN5. The van der Waals surface area contributed by atoms with E-state index >= 15 is 0 Å². The van der Waals surface area contributed by atoms with Crippen LogP contribution in [0.3, 0.4) is 0 Å². The second-order valence-electron chi connectivity index (χ2n) is 3.55. The minimum Gasteiger partial charge on any atom is -0.353 e. The van der Waals surface area contributed by atoms with E-state index in [1.807, 2.05) is 0 Å². The summed E-state index contributed by atoms with van der Waals surface area (Å²) in [7, 11) is 0. The third-order valence-electron chi connectivity index (χ3n) is 2.59. The Labute approximate surface area is 105 Å². The van der Waals surface area contributed by atoms with Gasteiger partial charge in [0.05, 0.1) is 4.47 Å². The molecule has 1 unspecified atom stereocenters. The number of nitrogens with zero attached hydrogens (tertiary/aromatic N) is 3. The number of nitrogen functional groups attached to an aromatic ring is 1. The number of rotatable bonds is 5. The van der Waals surface area contributed by atoms with Crippen LogP contribution in [-0.4, -0.2) is 22.6 Å². The van der Waals surface area contributed by atoms with Crippen LogP contribution in [0.5, 0.6) is 0 Å². The molecule has 6 heteroatoms. The summed E-state index contributed by atoms with van der Waals surface area (Å²) in [4.78, 5) is 10.6. The minimum atomic E-state index is 0.431. The van der Waals surface area contributed by atoms with E-state index in [9.17, 15) is 0 Å². The lowest BCUT2D eigenvalue weighted by Crippen LogP contribution is -2.33. The van der Waals surface area contributed by atoms with Gasteiger partial charge in [-0.3, -0.25) is 5.43 Å². The fourth-order valence-corrected chi connectivity index (χ4v) is 1.94. The van der Waals surface area contributed by atoms with Gasteiger partial charge in [0.2, 0.25) is 5.95 Å². The zero-order valence-corrected chi connectivity index (χ0v) is 11.5. The lowest BCUT2D eigenvalue weighted by Gasteiger charge is -2.29. The number of hydrazine groups is 1. The summed E-state index contributed by atoms with van der Waals surface area (Å²) in [5, 5.41) is 0. The van der Waals surface area contributed by atoms with Gasteiger partial charge >= 0.3 is 0 Å². The smallest absolute Gasteiger partial charge is 0.239 e. The van der Waals surface area contributed by atoms with E-state index in [4.69, 9.17) is 5.84 Å².